The van der Waals surface area contributed by atoms with Crippen LogP contribution in [0.25, 0.3) is 0 Å². The first kappa shape index (κ1) is 13.0. The maximum atomic E-state index is 12.0. The molecule has 0 saturated carbocycles. The van der Waals surface area contributed by atoms with E-state index in [1.165, 1.54) is 4.31 Å². The number of carboxylic acids is 1. The summed E-state index contributed by atoms with van der Waals surface area (Å²) in [6.45, 7) is 0.789. The van der Waals surface area contributed by atoms with E-state index in [2.05, 4.69) is 0 Å². The van der Waals surface area contributed by atoms with Crippen LogP contribution in [0.2, 0.25) is 0 Å². The molecule has 1 N–H and O–H groups in total. The van der Waals surface area contributed by atoms with Gasteiger partial charge in [0.15, 0.2) is 0 Å². The van der Waals surface area contributed by atoms with Gasteiger partial charge in [0.25, 0.3) is 0 Å². The molecule has 0 unspecified atom stereocenters. The monoisotopic (exact) mass is 269 g/mol. The number of carbonyl (C=O) groups is 1. The third kappa shape index (κ3) is 2.88. The van der Waals surface area contributed by atoms with Crippen molar-refractivity contribution in [2.75, 3.05) is 5.75 Å². The highest BCUT2D eigenvalue weighted by Gasteiger charge is 2.28. The Kier molecular flexibility index (Phi) is 3.68. The summed E-state index contributed by atoms with van der Waals surface area (Å²) in [6, 6.07) is 7.61. The van der Waals surface area contributed by atoms with E-state index in [-0.39, 0.29) is 18.6 Å². The van der Waals surface area contributed by atoms with Crippen LogP contribution in [0.5, 0.6) is 0 Å². The van der Waals surface area contributed by atoms with E-state index in [1.54, 1.807) is 0 Å². The van der Waals surface area contributed by atoms with Gasteiger partial charge in [0.2, 0.25) is 10.0 Å². The quantitative estimate of drug-likeness (QED) is 0.871. The zero-order valence-corrected chi connectivity index (χ0v) is 10.7. The van der Waals surface area contributed by atoms with Crippen molar-refractivity contribution in [2.45, 2.75) is 25.9 Å². The molecule has 0 aliphatic carbocycles. The van der Waals surface area contributed by atoms with Gasteiger partial charge in [0.1, 0.15) is 0 Å². The maximum Gasteiger partial charge on any atom is 0.303 e. The fourth-order valence-corrected chi connectivity index (χ4v) is 3.47. The number of hydrogen-bond donors (Lipinski definition) is 1. The molecule has 0 saturated heterocycles. The minimum atomic E-state index is -3.35. The Morgan fingerprint density at radius 1 is 1.22 bits per heavy atom. The summed E-state index contributed by atoms with van der Waals surface area (Å²) < 4.78 is 25.4. The zero-order chi connectivity index (χ0) is 13.2. The second-order valence-corrected chi connectivity index (χ2v) is 6.44. The second kappa shape index (κ2) is 5.07. The lowest BCUT2D eigenvalue weighted by molar-refractivity contribution is -0.137. The summed E-state index contributed by atoms with van der Waals surface area (Å²) >= 11 is 0. The fraction of sp³-hybridized carbons (Fsp3) is 0.417. The summed E-state index contributed by atoms with van der Waals surface area (Å²) in [5.74, 6) is -1.07. The molecule has 98 valence electrons. The summed E-state index contributed by atoms with van der Waals surface area (Å²) in [4.78, 5) is 10.4. The molecular weight excluding hydrogens is 254 g/mol. The van der Waals surface area contributed by atoms with Crippen molar-refractivity contribution in [1.29, 1.82) is 0 Å². The Balaban J connectivity index is 1.99. The van der Waals surface area contributed by atoms with Gasteiger partial charge in [0, 0.05) is 19.5 Å². The topological polar surface area (TPSA) is 74.7 Å². The van der Waals surface area contributed by atoms with Crippen LogP contribution in [0.15, 0.2) is 24.3 Å². The van der Waals surface area contributed by atoms with Gasteiger partial charge in [-0.15, -0.1) is 0 Å². The third-order valence-electron chi connectivity index (χ3n) is 3.00. The van der Waals surface area contributed by atoms with E-state index >= 15 is 0 Å². The van der Waals surface area contributed by atoms with E-state index in [4.69, 9.17) is 5.11 Å². The first-order valence-electron chi connectivity index (χ1n) is 5.75. The van der Waals surface area contributed by atoms with Crippen LogP contribution in [-0.4, -0.2) is 29.6 Å². The lowest BCUT2D eigenvalue weighted by Crippen LogP contribution is -2.28. The minimum absolute atomic E-state index is 0.104. The predicted octanol–water partition coefficient (Wildman–Crippen LogP) is 1.20. The van der Waals surface area contributed by atoms with Crippen molar-refractivity contribution in [2.24, 2.45) is 0 Å². The molecule has 1 aromatic rings. The van der Waals surface area contributed by atoms with Gasteiger partial charge in [-0.3, -0.25) is 4.79 Å². The highest BCUT2D eigenvalue weighted by atomic mass is 32.2. The van der Waals surface area contributed by atoms with Crippen LogP contribution < -0.4 is 0 Å². The average Bonchev–Trinajstić information content (AvgIpc) is 2.72. The van der Waals surface area contributed by atoms with Crippen molar-refractivity contribution in [1.82, 2.24) is 4.31 Å². The Labute approximate surface area is 106 Å². The largest absolute Gasteiger partial charge is 0.481 e. The Morgan fingerprint density at radius 2 is 1.78 bits per heavy atom. The number of nitrogens with zero attached hydrogens (tertiary/aromatic N) is 1. The van der Waals surface area contributed by atoms with E-state index in [9.17, 15) is 13.2 Å². The van der Waals surface area contributed by atoms with Crippen LogP contribution >= 0.6 is 0 Å². The first-order chi connectivity index (χ1) is 8.49. The smallest absolute Gasteiger partial charge is 0.303 e. The lowest BCUT2D eigenvalue weighted by Gasteiger charge is -2.14. The number of fused-ring (bicyclic) bond motifs is 1. The van der Waals surface area contributed by atoms with Crippen molar-refractivity contribution in [3.05, 3.63) is 35.4 Å². The van der Waals surface area contributed by atoms with E-state index in [0.717, 1.165) is 11.1 Å². The van der Waals surface area contributed by atoms with E-state index in [1.807, 2.05) is 24.3 Å². The van der Waals surface area contributed by atoms with Crippen LogP contribution in [0.1, 0.15) is 24.0 Å². The van der Waals surface area contributed by atoms with Crippen LogP contribution in [0, 0.1) is 0 Å². The van der Waals surface area contributed by atoms with E-state index < -0.39 is 16.0 Å². The van der Waals surface area contributed by atoms with Gasteiger partial charge >= 0.3 is 5.97 Å². The minimum Gasteiger partial charge on any atom is -0.481 e. The average molecular weight is 269 g/mol. The summed E-state index contributed by atoms with van der Waals surface area (Å²) in [5.41, 5.74) is 2.05. The normalized spacial score (nSPS) is 15.6. The van der Waals surface area contributed by atoms with Crippen molar-refractivity contribution < 1.29 is 18.3 Å². The van der Waals surface area contributed by atoms with Crippen LogP contribution in [-0.2, 0) is 27.9 Å². The maximum absolute atomic E-state index is 12.0. The first-order valence-corrected chi connectivity index (χ1v) is 7.36. The fourth-order valence-electron chi connectivity index (χ4n) is 2.03. The standard InChI is InChI=1S/C12H15NO4S/c14-12(15)6-3-7-18(16,17)13-8-10-4-1-2-5-11(10)9-13/h1-2,4-5H,3,6-9H2,(H,14,15). The molecule has 0 fully saturated rings. The molecule has 2 rings (SSSR count). The van der Waals surface area contributed by atoms with Crippen LogP contribution in [0.4, 0.5) is 0 Å². The van der Waals surface area contributed by atoms with Crippen molar-refractivity contribution in [3.8, 4) is 0 Å². The van der Waals surface area contributed by atoms with Gasteiger partial charge < -0.3 is 5.11 Å². The Bertz CT molecular complexity index is 528. The molecule has 1 aliphatic heterocycles. The molecular formula is C12H15NO4S. The van der Waals surface area contributed by atoms with Gasteiger partial charge in [-0.25, -0.2) is 8.42 Å². The summed E-state index contributed by atoms with van der Waals surface area (Å²) in [7, 11) is -3.35. The molecule has 0 spiro atoms. The molecule has 0 aromatic heterocycles. The highest BCUT2D eigenvalue weighted by molar-refractivity contribution is 7.89. The molecule has 5 nitrogen and oxygen atoms in total. The van der Waals surface area contributed by atoms with E-state index in [0.29, 0.717) is 13.1 Å². The summed E-state index contributed by atoms with van der Waals surface area (Å²) in [6.07, 6.45) is 0.0462. The third-order valence-corrected chi connectivity index (χ3v) is 4.85. The predicted molar refractivity (Wildman–Crippen MR) is 66.3 cm³/mol. The molecule has 0 amide bonds. The number of rotatable bonds is 5. The molecule has 1 heterocycles. The number of sulfonamides is 1. The molecule has 6 heteroatoms. The lowest BCUT2D eigenvalue weighted by atomic mass is 10.1. The SMILES string of the molecule is O=C(O)CCCS(=O)(=O)N1Cc2ccccc2C1. The Morgan fingerprint density at radius 3 is 2.28 bits per heavy atom. The van der Waals surface area contributed by atoms with Gasteiger partial charge in [0.05, 0.1) is 5.75 Å². The highest BCUT2D eigenvalue weighted by Crippen LogP contribution is 2.25. The molecule has 0 bridgehead atoms. The number of carboxylic acid groups (broad SMARTS) is 1. The second-order valence-electron chi connectivity index (χ2n) is 4.35. The molecule has 1 aliphatic rings. The van der Waals surface area contributed by atoms with Gasteiger partial charge in [-0.1, -0.05) is 24.3 Å². The van der Waals surface area contributed by atoms with Gasteiger partial charge in [-0.05, 0) is 17.5 Å². The Hall–Kier alpha value is -1.40. The zero-order valence-electron chi connectivity index (χ0n) is 9.87. The molecule has 0 atom stereocenters. The summed E-state index contributed by atoms with van der Waals surface area (Å²) in [5, 5.41) is 8.51. The molecule has 0 radical (unpaired) electrons. The number of aliphatic carboxylic acids is 1. The van der Waals surface area contributed by atoms with Crippen molar-refractivity contribution >= 4 is 16.0 Å². The molecule has 18 heavy (non-hydrogen) atoms. The van der Waals surface area contributed by atoms with Crippen molar-refractivity contribution in [3.63, 3.8) is 0 Å². The molecule has 1 aromatic carbocycles. The van der Waals surface area contributed by atoms with Gasteiger partial charge in [-0.2, -0.15) is 4.31 Å². The number of benzene rings is 1. The number of hydrogen-bond acceptors (Lipinski definition) is 3. The van der Waals surface area contributed by atoms with Crippen LogP contribution in [0.3, 0.4) is 0 Å².